The van der Waals surface area contributed by atoms with Crippen LogP contribution in [-0.2, 0) is 15.9 Å². The predicted octanol–water partition coefficient (Wildman–Crippen LogP) is -1.34. The van der Waals surface area contributed by atoms with E-state index in [0.29, 0.717) is 17.8 Å². The van der Waals surface area contributed by atoms with E-state index in [1.807, 2.05) is 6.07 Å². The second kappa shape index (κ2) is 7.89. The molecule has 1 fully saturated rings. The zero-order chi connectivity index (χ0) is 21.6. The van der Waals surface area contributed by atoms with E-state index in [2.05, 4.69) is 0 Å². The maximum atomic E-state index is 11.4. The number of fused-ring (bicyclic) bond motifs is 2. The molecule has 1 unspecified atom stereocenters. The van der Waals surface area contributed by atoms with Crippen molar-refractivity contribution in [3.63, 3.8) is 0 Å². The molecule has 2 aliphatic heterocycles. The number of rotatable bonds is 5. The molecule has 0 amide bonds. The Bertz CT molecular complexity index is 968. The molecular formula is C20H24O10. The van der Waals surface area contributed by atoms with Crippen molar-refractivity contribution >= 4 is 11.0 Å². The largest absolute Gasteiger partial charge is 0.487 e. The lowest BCUT2D eigenvalue weighted by molar-refractivity contribution is -0.310. The molecule has 164 valence electrons. The summed E-state index contributed by atoms with van der Waals surface area (Å²) in [4.78, 5) is 11.4. The quantitative estimate of drug-likeness (QED) is 0.364. The molecule has 0 spiro atoms. The van der Waals surface area contributed by atoms with Gasteiger partial charge in [0.2, 0.25) is 0 Å². The zero-order valence-corrected chi connectivity index (χ0v) is 16.2. The molecule has 0 radical (unpaired) electrons. The highest BCUT2D eigenvalue weighted by Gasteiger charge is 2.46. The minimum absolute atomic E-state index is 0.317. The lowest BCUT2D eigenvalue weighted by atomic mass is 9.95. The fourth-order valence-electron chi connectivity index (χ4n) is 3.70. The van der Waals surface area contributed by atoms with Gasteiger partial charge in [-0.15, -0.1) is 0 Å². The van der Waals surface area contributed by atoms with Gasteiger partial charge in [-0.25, -0.2) is 4.79 Å². The standard InChI is InChI=1S/C20H24O10/c1-20(26,8-27-19-18(25)17(24)16(23)13(7-21)30-19)14-5-10-4-9-2-3-15(22)29-11(9)6-12(10)28-14/h2-4,6,13-14,16-19,21,23-26H,5,7-8H2,1H3/t13-,14+,16-,17+,18-,19-,20?/m1/s1. The topological polar surface area (TPSA) is 159 Å². The molecule has 3 heterocycles. The SMILES string of the molecule is CC(O)(CO[C@@H]1O[C@H](CO)[C@@H](O)[C@H](O)[C@H]1O)[C@@H]1Cc2cc3ccc(=O)oc3cc2O1. The first-order chi connectivity index (χ1) is 14.2. The van der Waals surface area contributed by atoms with Gasteiger partial charge in [-0.05, 0) is 24.6 Å². The summed E-state index contributed by atoms with van der Waals surface area (Å²) < 4.78 is 21.8. The second-order valence-corrected chi connectivity index (χ2v) is 7.93. The summed E-state index contributed by atoms with van der Waals surface area (Å²) in [5, 5.41) is 50.6. The Morgan fingerprint density at radius 3 is 2.67 bits per heavy atom. The van der Waals surface area contributed by atoms with Crippen LogP contribution in [-0.4, -0.2) is 81.2 Å². The van der Waals surface area contributed by atoms with Crippen LogP contribution >= 0.6 is 0 Å². The molecular weight excluding hydrogens is 400 g/mol. The van der Waals surface area contributed by atoms with Gasteiger partial charge in [-0.3, -0.25) is 0 Å². The lowest BCUT2D eigenvalue weighted by Gasteiger charge is -2.40. The fraction of sp³-hybridized carbons (Fsp3) is 0.550. The second-order valence-electron chi connectivity index (χ2n) is 7.93. The highest BCUT2D eigenvalue weighted by molar-refractivity contribution is 5.79. The smallest absolute Gasteiger partial charge is 0.336 e. The van der Waals surface area contributed by atoms with Gasteiger partial charge in [-0.1, -0.05) is 0 Å². The van der Waals surface area contributed by atoms with Gasteiger partial charge in [0, 0.05) is 23.9 Å². The Kier molecular flexibility index (Phi) is 5.58. The van der Waals surface area contributed by atoms with Crippen molar-refractivity contribution in [3.8, 4) is 5.75 Å². The van der Waals surface area contributed by atoms with E-state index in [4.69, 9.17) is 18.6 Å². The summed E-state index contributed by atoms with van der Waals surface area (Å²) in [7, 11) is 0. The Labute approximate surface area is 170 Å². The van der Waals surface area contributed by atoms with Crippen molar-refractivity contribution in [2.75, 3.05) is 13.2 Å². The van der Waals surface area contributed by atoms with E-state index >= 15 is 0 Å². The highest BCUT2D eigenvalue weighted by Crippen LogP contribution is 2.36. The first-order valence-electron chi connectivity index (χ1n) is 9.57. The van der Waals surface area contributed by atoms with Crippen LogP contribution in [0.5, 0.6) is 5.75 Å². The van der Waals surface area contributed by atoms with Gasteiger partial charge in [0.1, 0.15) is 47.5 Å². The number of hydrogen-bond acceptors (Lipinski definition) is 10. The molecule has 10 heteroatoms. The van der Waals surface area contributed by atoms with Crippen molar-refractivity contribution in [1.29, 1.82) is 0 Å². The Morgan fingerprint density at radius 1 is 1.17 bits per heavy atom. The van der Waals surface area contributed by atoms with Crippen LogP contribution in [0, 0.1) is 0 Å². The molecule has 0 saturated carbocycles. The van der Waals surface area contributed by atoms with Crippen LogP contribution in [0.4, 0.5) is 0 Å². The van der Waals surface area contributed by atoms with Crippen molar-refractivity contribution in [1.82, 2.24) is 0 Å². The van der Waals surface area contributed by atoms with Crippen molar-refractivity contribution < 1.29 is 44.2 Å². The third-order valence-corrected chi connectivity index (χ3v) is 5.56. The zero-order valence-electron chi connectivity index (χ0n) is 16.2. The third kappa shape index (κ3) is 3.83. The van der Waals surface area contributed by atoms with Crippen molar-refractivity contribution in [2.45, 2.75) is 55.8 Å². The molecule has 5 N–H and O–H groups in total. The summed E-state index contributed by atoms with van der Waals surface area (Å²) in [5.74, 6) is 0.481. The van der Waals surface area contributed by atoms with Gasteiger partial charge in [0.15, 0.2) is 6.29 Å². The minimum Gasteiger partial charge on any atom is -0.487 e. The maximum Gasteiger partial charge on any atom is 0.336 e. The Morgan fingerprint density at radius 2 is 1.93 bits per heavy atom. The van der Waals surface area contributed by atoms with Gasteiger partial charge in [-0.2, -0.15) is 0 Å². The molecule has 7 atom stereocenters. The minimum atomic E-state index is -1.57. The lowest BCUT2D eigenvalue weighted by Crippen LogP contribution is -2.60. The maximum absolute atomic E-state index is 11.4. The van der Waals surface area contributed by atoms with E-state index in [0.717, 1.165) is 10.9 Å². The number of hydrogen-bond donors (Lipinski definition) is 5. The van der Waals surface area contributed by atoms with E-state index in [-0.39, 0.29) is 6.61 Å². The van der Waals surface area contributed by atoms with Crippen LogP contribution in [0.25, 0.3) is 11.0 Å². The molecule has 4 rings (SSSR count). The van der Waals surface area contributed by atoms with Gasteiger partial charge >= 0.3 is 5.63 Å². The summed E-state index contributed by atoms with van der Waals surface area (Å²) in [6.07, 6.45) is -7.41. The average Bonchev–Trinajstić information content (AvgIpc) is 3.13. The average molecular weight is 424 g/mol. The van der Waals surface area contributed by atoms with E-state index < -0.39 is 54.6 Å². The number of aliphatic hydroxyl groups is 5. The molecule has 1 aromatic carbocycles. The van der Waals surface area contributed by atoms with Crippen LogP contribution in [0.2, 0.25) is 0 Å². The Hall–Kier alpha value is -2.05. The van der Waals surface area contributed by atoms with Crippen LogP contribution in [0.1, 0.15) is 12.5 Å². The van der Waals surface area contributed by atoms with Gasteiger partial charge in [0.05, 0.1) is 13.2 Å². The van der Waals surface area contributed by atoms with Crippen LogP contribution in [0.3, 0.4) is 0 Å². The van der Waals surface area contributed by atoms with Crippen molar-refractivity contribution in [3.05, 3.63) is 40.2 Å². The molecule has 0 bridgehead atoms. The molecule has 2 aromatic rings. The third-order valence-electron chi connectivity index (χ3n) is 5.56. The summed E-state index contributed by atoms with van der Waals surface area (Å²) in [6.45, 7) is 0.599. The van der Waals surface area contributed by atoms with Crippen LogP contribution in [0.15, 0.2) is 33.5 Å². The van der Waals surface area contributed by atoms with Gasteiger partial charge in [0.25, 0.3) is 0 Å². The molecule has 1 aromatic heterocycles. The summed E-state index contributed by atoms with van der Waals surface area (Å²) in [6, 6.07) is 6.39. The van der Waals surface area contributed by atoms with E-state index in [9.17, 15) is 30.3 Å². The van der Waals surface area contributed by atoms with Crippen LogP contribution < -0.4 is 10.4 Å². The molecule has 30 heavy (non-hydrogen) atoms. The Balaban J connectivity index is 1.45. The summed E-state index contributed by atoms with van der Waals surface area (Å²) >= 11 is 0. The molecule has 10 nitrogen and oxygen atoms in total. The number of benzene rings is 1. The monoisotopic (exact) mass is 424 g/mol. The summed E-state index contributed by atoms with van der Waals surface area (Å²) in [5.41, 5.74) is -0.782. The van der Waals surface area contributed by atoms with Gasteiger partial charge < -0.3 is 44.2 Å². The normalized spacial score (nSPS) is 33.1. The number of aliphatic hydroxyl groups excluding tert-OH is 4. The molecule has 0 aliphatic carbocycles. The van der Waals surface area contributed by atoms with Crippen molar-refractivity contribution in [2.24, 2.45) is 0 Å². The first-order valence-corrected chi connectivity index (χ1v) is 9.57. The van der Waals surface area contributed by atoms with E-state index in [1.54, 1.807) is 12.1 Å². The molecule has 1 saturated heterocycles. The number of ether oxygens (including phenoxy) is 3. The first kappa shape index (κ1) is 21.2. The highest BCUT2D eigenvalue weighted by atomic mass is 16.7. The van der Waals surface area contributed by atoms with E-state index in [1.165, 1.54) is 13.0 Å². The molecule has 2 aliphatic rings. The predicted molar refractivity (Wildman–Crippen MR) is 101 cm³/mol. The fourth-order valence-corrected chi connectivity index (χ4v) is 3.70.